The van der Waals surface area contributed by atoms with E-state index >= 15 is 0 Å². The number of halogens is 11. The number of alkyl halides is 9. The highest BCUT2D eigenvalue weighted by atomic mass is 35.5. The first-order valence-corrected chi connectivity index (χ1v) is 13.6. The quantitative estimate of drug-likeness (QED) is 0.164. The third-order valence-corrected chi connectivity index (χ3v) is 6.23. The Balaban J connectivity index is 0.000000302. The van der Waals surface area contributed by atoms with Gasteiger partial charge in [-0.05, 0) is 125 Å². The van der Waals surface area contributed by atoms with Gasteiger partial charge in [0.05, 0.1) is 16.7 Å². The van der Waals surface area contributed by atoms with Gasteiger partial charge in [0.1, 0.15) is 5.82 Å². The summed E-state index contributed by atoms with van der Waals surface area (Å²) in [4.78, 5) is 0. The molecule has 4 aromatic carbocycles. The molecule has 0 aliphatic carbocycles. The molecule has 0 heterocycles. The van der Waals surface area contributed by atoms with Crippen LogP contribution in [0.5, 0.6) is 0 Å². The van der Waals surface area contributed by atoms with E-state index in [0.717, 1.165) is 35.4 Å². The molecule has 4 rings (SSSR count). The van der Waals surface area contributed by atoms with Crippen molar-refractivity contribution in [2.45, 2.75) is 67.0 Å². The number of aryl methyl sites for hydroxylation is 6. The molecule has 0 N–H and O–H groups in total. The minimum absolute atomic E-state index is 0.266. The molecule has 0 fully saturated rings. The molecule has 11 heteroatoms. The minimum Gasteiger partial charge on any atom is -0.207 e. The van der Waals surface area contributed by atoms with Crippen LogP contribution in [0, 0.1) is 54.3 Å². The van der Waals surface area contributed by atoms with Crippen molar-refractivity contribution in [3.8, 4) is 0 Å². The van der Waals surface area contributed by atoms with Crippen molar-refractivity contribution in [2.24, 2.45) is 0 Å². The van der Waals surface area contributed by atoms with Gasteiger partial charge in [-0.1, -0.05) is 47.0 Å². The SMILES string of the molecule is Cc1cc(C)cc(C(F)(F)F)c1.Cc1cc(C)cc(Cl)c1.Cc1cc(F)cc(C(F)(F)F)c1.Cc1cccc(C(F)(F)F)c1C. The Morgan fingerprint density at radius 3 is 1.18 bits per heavy atom. The second-order valence-corrected chi connectivity index (χ2v) is 10.9. The van der Waals surface area contributed by atoms with Crippen LogP contribution in [0.2, 0.25) is 5.02 Å². The Kier molecular flexibility index (Phi) is 14.2. The van der Waals surface area contributed by atoms with Gasteiger partial charge in [-0.15, -0.1) is 0 Å². The standard InChI is InChI=1S/2C9H9F3.C8H9Cl.C8H6F4/c1-6-3-7(2)5-8(4-6)9(10,11)12;1-6-4-3-5-8(7(6)2)9(10,11)12;1-6-3-7(2)5-8(9)4-6;1-5-2-6(8(10,11)12)4-7(9)3-5/h2*3-5H,1-2H3;3-5H,1-2H3;2-4H,1H3. The highest BCUT2D eigenvalue weighted by Crippen LogP contribution is 2.33. The van der Waals surface area contributed by atoms with E-state index < -0.39 is 41.0 Å². The largest absolute Gasteiger partial charge is 0.416 e. The van der Waals surface area contributed by atoms with Crippen molar-refractivity contribution in [1.29, 1.82) is 0 Å². The second-order valence-electron chi connectivity index (χ2n) is 10.4. The van der Waals surface area contributed by atoms with Crippen molar-refractivity contribution in [1.82, 2.24) is 0 Å². The lowest BCUT2D eigenvalue weighted by Crippen LogP contribution is -2.07. The summed E-state index contributed by atoms with van der Waals surface area (Å²) in [5.41, 5.74) is 2.92. The third kappa shape index (κ3) is 14.4. The predicted molar refractivity (Wildman–Crippen MR) is 159 cm³/mol. The summed E-state index contributed by atoms with van der Waals surface area (Å²) >= 11 is 5.75. The molecule has 0 nitrogen and oxygen atoms in total. The maximum absolute atomic E-state index is 12.5. The third-order valence-electron chi connectivity index (χ3n) is 6.01. The van der Waals surface area contributed by atoms with Gasteiger partial charge in [0.15, 0.2) is 0 Å². The lowest BCUT2D eigenvalue weighted by molar-refractivity contribution is -0.138. The Morgan fingerprint density at radius 2 is 0.844 bits per heavy atom. The lowest BCUT2D eigenvalue weighted by atomic mass is 10.0. The average Bonchev–Trinajstić information content (AvgIpc) is 2.83. The zero-order chi connectivity index (χ0) is 34.9. The molecule has 0 spiro atoms. The Morgan fingerprint density at radius 1 is 0.467 bits per heavy atom. The minimum atomic E-state index is -4.47. The summed E-state index contributed by atoms with van der Waals surface area (Å²) in [6.45, 7) is 12.0. The normalized spacial score (nSPS) is 11.3. The van der Waals surface area contributed by atoms with Crippen LogP contribution < -0.4 is 0 Å². The molecule has 0 saturated carbocycles. The molecule has 0 aliphatic rings. The maximum atomic E-state index is 12.5. The van der Waals surface area contributed by atoms with Gasteiger partial charge in [0.2, 0.25) is 0 Å². The Labute approximate surface area is 261 Å². The molecular formula is C34H33ClF10. The summed E-state index contributed by atoms with van der Waals surface area (Å²) in [5, 5.41) is 0.826. The molecule has 0 amide bonds. The van der Waals surface area contributed by atoms with Gasteiger partial charge < -0.3 is 0 Å². The number of hydrogen-bond donors (Lipinski definition) is 0. The van der Waals surface area contributed by atoms with Crippen LogP contribution in [0.4, 0.5) is 43.9 Å². The van der Waals surface area contributed by atoms with Crippen molar-refractivity contribution < 1.29 is 43.9 Å². The molecule has 4 aromatic rings. The van der Waals surface area contributed by atoms with Crippen molar-refractivity contribution in [3.63, 3.8) is 0 Å². The van der Waals surface area contributed by atoms with E-state index in [0.29, 0.717) is 28.3 Å². The molecule has 45 heavy (non-hydrogen) atoms. The fourth-order valence-corrected chi connectivity index (χ4v) is 4.36. The molecular weight excluding hydrogens is 634 g/mol. The van der Waals surface area contributed by atoms with Crippen LogP contribution >= 0.6 is 11.6 Å². The van der Waals surface area contributed by atoms with Gasteiger partial charge in [0, 0.05) is 5.02 Å². The topological polar surface area (TPSA) is 0 Å². The van der Waals surface area contributed by atoms with E-state index in [2.05, 4.69) is 6.07 Å². The summed E-state index contributed by atoms with van der Waals surface area (Å²) in [5.74, 6) is -0.859. The average molecular weight is 667 g/mol. The molecule has 0 aliphatic heterocycles. The zero-order valence-electron chi connectivity index (χ0n) is 25.6. The zero-order valence-corrected chi connectivity index (χ0v) is 26.3. The molecule has 246 valence electrons. The van der Waals surface area contributed by atoms with E-state index in [-0.39, 0.29) is 5.56 Å². The smallest absolute Gasteiger partial charge is 0.207 e. The molecule has 0 bridgehead atoms. The fourth-order valence-electron chi connectivity index (χ4n) is 4.02. The maximum Gasteiger partial charge on any atom is 0.416 e. The number of rotatable bonds is 0. The van der Waals surface area contributed by atoms with Crippen molar-refractivity contribution in [3.05, 3.63) is 139 Å². The predicted octanol–water partition coefficient (Wildman–Crippen LogP) is 12.8. The van der Waals surface area contributed by atoms with E-state index in [1.54, 1.807) is 32.9 Å². The molecule has 0 saturated heterocycles. The Hall–Kier alpha value is -3.53. The molecule has 0 aromatic heterocycles. The second kappa shape index (κ2) is 16.2. The Bertz CT molecular complexity index is 1400. The summed E-state index contributed by atoms with van der Waals surface area (Å²) < 4.78 is 122. The van der Waals surface area contributed by atoms with E-state index in [1.165, 1.54) is 31.0 Å². The van der Waals surface area contributed by atoms with Crippen LogP contribution in [-0.4, -0.2) is 0 Å². The van der Waals surface area contributed by atoms with Crippen LogP contribution in [0.25, 0.3) is 0 Å². The van der Waals surface area contributed by atoms with Gasteiger partial charge in [-0.25, -0.2) is 4.39 Å². The van der Waals surface area contributed by atoms with Gasteiger partial charge >= 0.3 is 18.5 Å². The molecule has 0 unspecified atom stereocenters. The lowest BCUT2D eigenvalue weighted by Gasteiger charge is -2.11. The first-order chi connectivity index (χ1) is 20.4. The van der Waals surface area contributed by atoms with E-state index in [1.807, 2.05) is 26.0 Å². The van der Waals surface area contributed by atoms with Crippen LogP contribution in [0.1, 0.15) is 55.6 Å². The first kappa shape index (κ1) is 39.5. The summed E-state index contributed by atoms with van der Waals surface area (Å²) in [6.07, 6.45) is -12.9. The van der Waals surface area contributed by atoms with Gasteiger partial charge in [-0.2, -0.15) is 39.5 Å². The summed E-state index contributed by atoms with van der Waals surface area (Å²) in [7, 11) is 0. The van der Waals surface area contributed by atoms with Crippen molar-refractivity contribution in [2.75, 3.05) is 0 Å². The monoisotopic (exact) mass is 666 g/mol. The highest BCUT2D eigenvalue weighted by Gasteiger charge is 2.33. The van der Waals surface area contributed by atoms with E-state index in [4.69, 9.17) is 11.6 Å². The fraction of sp³-hybridized carbons (Fsp3) is 0.294. The molecule has 0 atom stereocenters. The first-order valence-electron chi connectivity index (χ1n) is 13.3. The molecule has 0 radical (unpaired) electrons. The van der Waals surface area contributed by atoms with Crippen LogP contribution in [-0.2, 0) is 18.5 Å². The van der Waals surface area contributed by atoms with E-state index in [9.17, 15) is 43.9 Å². The summed E-state index contributed by atoms with van der Waals surface area (Å²) in [6, 6.07) is 16.6. The van der Waals surface area contributed by atoms with Crippen LogP contribution in [0.3, 0.4) is 0 Å². The number of hydrogen-bond acceptors (Lipinski definition) is 0. The van der Waals surface area contributed by atoms with Gasteiger partial charge in [0.25, 0.3) is 0 Å². The highest BCUT2D eigenvalue weighted by molar-refractivity contribution is 6.30. The van der Waals surface area contributed by atoms with Crippen LogP contribution in [0.15, 0.2) is 72.8 Å². The van der Waals surface area contributed by atoms with Crippen molar-refractivity contribution >= 4 is 11.6 Å². The number of benzene rings is 4. The van der Waals surface area contributed by atoms with Gasteiger partial charge in [-0.3, -0.25) is 0 Å².